The first-order chi connectivity index (χ1) is 12.3. The van der Waals surface area contributed by atoms with Gasteiger partial charge in [0.1, 0.15) is 0 Å². The van der Waals surface area contributed by atoms with Crippen molar-refractivity contribution in [2.24, 2.45) is 11.8 Å². The van der Waals surface area contributed by atoms with Crippen molar-refractivity contribution in [2.75, 3.05) is 19.8 Å². The van der Waals surface area contributed by atoms with Crippen molar-refractivity contribution in [3.05, 3.63) is 71.3 Å². The highest BCUT2D eigenvalue weighted by Crippen LogP contribution is 2.29. The molecule has 0 spiro atoms. The van der Waals surface area contributed by atoms with Crippen LogP contribution in [0.3, 0.4) is 0 Å². The fourth-order valence-corrected chi connectivity index (χ4v) is 3.83. The average Bonchev–Trinajstić information content (AvgIpc) is 2.67. The summed E-state index contributed by atoms with van der Waals surface area (Å²) in [5, 5.41) is 3.65. The zero-order valence-corrected chi connectivity index (χ0v) is 15.4. The smallest absolute Gasteiger partial charge is 0.0468 e. The quantitative estimate of drug-likeness (QED) is 0.701. The normalized spacial score (nSPS) is 16.7. The maximum absolute atomic E-state index is 5.58. The molecule has 0 saturated carbocycles. The molecule has 1 unspecified atom stereocenters. The second-order valence-electron chi connectivity index (χ2n) is 7.35. The summed E-state index contributed by atoms with van der Waals surface area (Å²) in [4.78, 5) is 0. The first-order valence-corrected chi connectivity index (χ1v) is 9.69. The van der Waals surface area contributed by atoms with Crippen LogP contribution in [-0.4, -0.2) is 19.8 Å². The molecule has 3 rings (SSSR count). The molecule has 1 fully saturated rings. The van der Waals surface area contributed by atoms with Crippen LogP contribution < -0.4 is 5.32 Å². The number of hydrogen-bond donors (Lipinski definition) is 1. The van der Waals surface area contributed by atoms with Crippen LogP contribution in [0.5, 0.6) is 0 Å². The van der Waals surface area contributed by atoms with E-state index >= 15 is 0 Å². The van der Waals surface area contributed by atoms with Crippen molar-refractivity contribution < 1.29 is 4.74 Å². The Morgan fingerprint density at radius 1 is 0.960 bits per heavy atom. The van der Waals surface area contributed by atoms with E-state index in [1.54, 1.807) is 0 Å². The van der Waals surface area contributed by atoms with Gasteiger partial charge in [0, 0.05) is 19.8 Å². The standard InChI is InChI=1S/C23H31NO/c1-19-7-9-21(10-8-19)18-24-14-11-23(22-12-15-25-16-13-22)17-20-5-3-2-4-6-20/h2-10,22-24H,11-18H2,1H3. The molecule has 1 saturated heterocycles. The Labute approximate surface area is 152 Å². The largest absolute Gasteiger partial charge is 0.381 e. The van der Waals surface area contributed by atoms with Crippen molar-refractivity contribution in [3.63, 3.8) is 0 Å². The van der Waals surface area contributed by atoms with E-state index in [2.05, 4.69) is 66.8 Å². The lowest BCUT2D eigenvalue weighted by molar-refractivity contribution is 0.0449. The topological polar surface area (TPSA) is 21.3 Å². The minimum Gasteiger partial charge on any atom is -0.381 e. The molecule has 1 aliphatic heterocycles. The second-order valence-corrected chi connectivity index (χ2v) is 7.35. The molecule has 0 aliphatic carbocycles. The van der Waals surface area contributed by atoms with Gasteiger partial charge < -0.3 is 10.1 Å². The van der Waals surface area contributed by atoms with Gasteiger partial charge in [0.05, 0.1) is 0 Å². The van der Waals surface area contributed by atoms with Crippen LogP contribution in [0.2, 0.25) is 0 Å². The first kappa shape index (κ1) is 18.2. The number of benzene rings is 2. The summed E-state index contributed by atoms with van der Waals surface area (Å²) in [7, 11) is 0. The highest BCUT2D eigenvalue weighted by Gasteiger charge is 2.23. The monoisotopic (exact) mass is 337 g/mol. The van der Waals surface area contributed by atoms with Gasteiger partial charge in [-0.05, 0) is 62.1 Å². The third-order valence-electron chi connectivity index (χ3n) is 5.41. The van der Waals surface area contributed by atoms with Gasteiger partial charge in [0.2, 0.25) is 0 Å². The van der Waals surface area contributed by atoms with Crippen molar-refractivity contribution in [3.8, 4) is 0 Å². The van der Waals surface area contributed by atoms with Crippen LogP contribution in [0.1, 0.15) is 36.0 Å². The summed E-state index contributed by atoms with van der Waals surface area (Å²) in [5.41, 5.74) is 4.17. The molecule has 0 aromatic heterocycles. The van der Waals surface area contributed by atoms with Gasteiger partial charge in [0.25, 0.3) is 0 Å². The molecule has 1 atom stereocenters. The van der Waals surface area contributed by atoms with Crippen LogP contribution in [0.15, 0.2) is 54.6 Å². The Balaban J connectivity index is 1.50. The molecule has 1 heterocycles. The molecular weight excluding hydrogens is 306 g/mol. The molecule has 134 valence electrons. The predicted octanol–water partition coefficient (Wildman–Crippen LogP) is 4.76. The van der Waals surface area contributed by atoms with E-state index in [1.807, 2.05) is 0 Å². The van der Waals surface area contributed by atoms with Crippen LogP contribution >= 0.6 is 0 Å². The molecule has 0 amide bonds. The lowest BCUT2D eigenvalue weighted by atomic mass is 9.80. The highest BCUT2D eigenvalue weighted by atomic mass is 16.5. The van der Waals surface area contributed by atoms with Crippen molar-refractivity contribution in [2.45, 2.75) is 39.2 Å². The second kappa shape index (κ2) is 9.74. The zero-order valence-electron chi connectivity index (χ0n) is 15.4. The van der Waals surface area contributed by atoms with E-state index in [-0.39, 0.29) is 0 Å². The highest BCUT2D eigenvalue weighted by molar-refractivity contribution is 5.21. The van der Waals surface area contributed by atoms with Crippen LogP contribution in [0, 0.1) is 18.8 Å². The minimum atomic E-state index is 0.747. The SMILES string of the molecule is Cc1ccc(CNCCC(Cc2ccccc2)C2CCOCC2)cc1. The number of rotatable bonds is 8. The fourth-order valence-electron chi connectivity index (χ4n) is 3.83. The zero-order chi connectivity index (χ0) is 17.3. The van der Waals surface area contributed by atoms with E-state index < -0.39 is 0 Å². The van der Waals surface area contributed by atoms with E-state index in [0.29, 0.717) is 0 Å². The molecule has 2 heteroatoms. The lowest BCUT2D eigenvalue weighted by Crippen LogP contribution is -2.28. The minimum absolute atomic E-state index is 0.747. The molecular formula is C23H31NO. The molecule has 1 aliphatic rings. The Morgan fingerprint density at radius 2 is 1.68 bits per heavy atom. The summed E-state index contributed by atoms with van der Waals surface area (Å²) in [6.45, 7) is 6.06. The lowest BCUT2D eigenvalue weighted by Gasteiger charge is -2.30. The summed E-state index contributed by atoms with van der Waals surface area (Å²) in [6.07, 6.45) is 4.87. The van der Waals surface area contributed by atoms with E-state index in [4.69, 9.17) is 4.74 Å². The Hall–Kier alpha value is -1.64. The fraction of sp³-hybridized carbons (Fsp3) is 0.478. The van der Waals surface area contributed by atoms with E-state index in [9.17, 15) is 0 Å². The van der Waals surface area contributed by atoms with Crippen molar-refractivity contribution >= 4 is 0 Å². The molecule has 2 nitrogen and oxygen atoms in total. The van der Waals surface area contributed by atoms with Crippen LogP contribution in [0.25, 0.3) is 0 Å². The van der Waals surface area contributed by atoms with Crippen LogP contribution in [-0.2, 0) is 17.7 Å². The van der Waals surface area contributed by atoms with Gasteiger partial charge >= 0.3 is 0 Å². The van der Waals surface area contributed by atoms with E-state index in [0.717, 1.165) is 38.1 Å². The third kappa shape index (κ3) is 5.98. The number of nitrogens with one attached hydrogen (secondary N) is 1. The summed E-state index contributed by atoms with van der Waals surface area (Å²) in [6, 6.07) is 19.8. The Bertz CT molecular complexity index is 602. The molecule has 25 heavy (non-hydrogen) atoms. The van der Waals surface area contributed by atoms with Gasteiger partial charge in [-0.1, -0.05) is 60.2 Å². The van der Waals surface area contributed by atoms with Gasteiger partial charge in [-0.15, -0.1) is 0 Å². The maximum atomic E-state index is 5.58. The number of aryl methyl sites for hydroxylation is 1. The Kier molecular flexibility index (Phi) is 7.08. The molecule has 0 radical (unpaired) electrons. The molecule has 2 aromatic carbocycles. The van der Waals surface area contributed by atoms with Gasteiger partial charge in [0.15, 0.2) is 0 Å². The van der Waals surface area contributed by atoms with Gasteiger partial charge in [-0.25, -0.2) is 0 Å². The summed E-state index contributed by atoms with van der Waals surface area (Å²) in [5.74, 6) is 1.55. The predicted molar refractivity (Wildman–Crippen MR) is 105 cm³/mol. The van der Waals surface area contributed by atoms with Gasteiger partial charge in [-0.3, -0.25) is 0 Å². The Morgan fingerprint density at radius 3 is 2.40 bits per heavy atom. The maximum Gasteiger partial charge on any atom is 0.0468 e. The number of hydrogen-bond acceptors (Lipinski definition) is 2. The number of ether oxygens (including phenoxy) is 1. The molecule has 2 aromatic rings. The molecule has 1 N–H and O–H groups in total. The van der Waals surface area contributed by atoms with Crippen molar-refractivity contribution in [1.82, 2.24) is 5.32 Å². The molecule has 0 bridgehead atoms. The third-order valence-corrected chi connectivity index (χ3v) is 5.41. The first-order valence-electron chi connectivity index (χ1n) is 9.69. The van der Waals surface area contributed by atoms with E-state index in [1.165, 1.54) is 42.4 Å². The average molecular weight is 338 g/mol. The van der Waals surface area contributed by atoms with Crippen molar-refractivity contribution in [1.29, 1.82) is 0 Å². The van der Waals surface area contributed by atoms with Gasteiger partial charge in [-0.2, -0.15) is 0 Å². The van der Waals surface area contributed by atoms with Crippen LogP contribution in [0.4, 0.5) is 0 Å². The summed E-state index contributed by atoms with van der Waals surface area (Å²) >= 11 is 0. The summed E-state index contributed by atoms with van der Waals surface area (Å²) < 4.78 is 5.58.